The summed E-state index contributed by atoms with van der Waals surface area (Å²) in [6.07, 6.45) is 0.922. The predicted molar refractivity (Wildman–Crippen MR) is 72.0 cm³/mol. The molecule has 1 rings (SSSR count). The molecule has 0 amide bonds. The Morgan fingerprint density at radius 2 is 2.11 bits per heavy atom. The van der Waals surface area contributed by atoms with E-state index in [1.54, 1.807) is 19.2 Å². The van der Waals surface area contributed by atoms with Gasteiger partial charge in [-0.15, -0.1) is 0 Å². The first-order valence-corrected chi connectivity index (χ1v) is 5.78. The Morgan fingerprint density at radius 1 is 1.39 bits per heavy atom. The Hall–Kier alpha value is -1.75. The fraction of sp³-hybridized carbons (Fsp3) is 0.462. The van der Waals surface area contributed by atoms with Crippen LogP contribution in [0.5, 0.6) is 0 Å². The van der Waals surface area contributed by atoms with Crippen molar-refractivity contribution in [1.29, 1.82) is 0 Å². The number of esters is 1. The molecular weight excluding hydrogens is 232 g/mol. The minimum absolute atomic E-state index is 0.379. The van der Waals surface area contributed by atoms with E-state index in [9.17, 15) is 4.79 Å². The molecule has 5 nitrogen and oxygen atoms in total. The molecule has 0 heterocycles. The van der Waals surface area contributed by atoms with E-state index in [4.69, 9.17) is 10.5 Å². The average molecular weight is 252 g/mol. The molecule has 0 radical (unpaired) electrons. The number of nitrogen functional groups attached to an aromatic ring is 1. The highest BCUT2D eigenvalue weighted by Gasteiger charge is 2.10. The van der Waals surface area contributed by atoms with E-state index < -0.39 is 0 Å². The highest BCUT2D eigenvalue weighted by molar-refractivity contribution is 5.91. The number of carbonyl (C=O) groups is 1. The molecule has 100 valence electrons. The summed E-state index contributed by atoms with van der Waals surface area (Å²) in [5.74, 6) is -0.379. The summed E-state index contributed by atoms with van der Waals surface area (Å²) in [6.45, 7) is 1.56. The largest absolute Gasteiger partial charge is 0.465 e. The molecule has 0 bridgehead atoms. The van der Waals surface area contributed by atoms with Crippen molar-refractivity contribution in [2.75, 3.05) is 45.1 Å². The number of methoxy groups -OCH3 is 2. The van der Waals surface area contributed by atoms with Crippen molar-refractivity contribution < 1.29 is 14.3 Å². The lowest BCUT2D eigenvalue weighted by molar-refractivity contribution is 0.0601. The zero-order chi connectivity index (χ0) is 13.5. The molecule has 0 aliphatic heterocycles. The summed E-state index contributed by atoms with van der Waals surface area (Å²) < 4.78 is 9.65. The Kier molecular flexibility index (Phi) is 5.45. The van der Waals surface area contributed by atoms with Crippen LogP contribution < -0.4 is 10.6 Å². The van der Waals surface area contributed by atoms with E-state index in [0.29, 0.717) is 17.9 Å². The maximum Gasteiger partial charge on any atom is 0.337 e. The second-order valence-electron chi connectivity index (χ2n) is 4.03. The van der Waals surface area contributed by atoms with Crippen LogP contribution in [0.15, 0.2) is 18.2 Å². The highest BCUT2D eigenvalue weighted by atomic mass is 16.5. The summed E-state index contributed by atoms with van der Waals surface area (Å²) in [7, 11) is 4.99. The van der Waals surface area contributed by atoms with Crippen molar-refractivity contribution >= 4 is 17.3 Å². The van der Waals surface area contributed by atoms with Gasteiger partial charge in [-0.1, -0.05) is 0 Å². The molecule has 0 saturated carbocycles. The predicted octanol–water partition coefficient (Wildman–Crippen LogP) is 1.53. The van der Waals surface area contributed by atoms with Crippen molar-refractivity contribution in [3.63, 3.8) is 0 Å². The van der Waals surface area contributed by atoms with Crippen LogP contribution in [0.2, 0.25) is 0 Å². The number of benzene rings is 1. The number of hydrogen-bond donors (Lipinski definition) is 1. The molecule has 18 heavy (non-hydrogen) atoms. The SMILES string of the molecule is COCCCN(C)c1ccc(C(=O)OC)cc1N. The lowest BCUT2D eigenvalue weighted by Gasteiger charge is -2.21. The fourth-order valence-corrected chi connectivity index (χ4v) is 1.71. The maximum atomic E-state index is 11.3. The Labute approximate surface area is 107 Å². The normalized spacial score (nSPS) is 10.2. The smallest absolute Gasteiger partial charge is 0.337 e. The van der Waals surface area contributed by atoms with Gasteiger partial charge in [-0.2, -0.15) is 0 Å². The van der Waals surface area contributed by atoms with Gasteiger partial charge in [0.15, 0.2) is 0 Å². The lowest BCUT2D eigenvalue weighted by atomic mass is 10.1. The lowest BCUT2D eigenvalue weighted by Crippen LogP contribution is -2.21. The second kappa shape index (κ2) is 6.86. The summed E-state index contributed by atoms with van der Waals surface area (Å²) in [5, 5.41) is 0. The molecule has 0 saturated heterocycles. The molecule has 5 heteroatoms. The summed E-state index contributed by atoms with van der Waals surface area (Å²) in [6, 6.07) is 5.17. The number of carbonyl (C=O) groups excluding carboxylic acids is 1. The van der Waals surface area contributed by atoms with Crippen LogP contribution in [0.3, 0.4) is 0 Å². The van der Waals surface area contributed by atoms with Crippen LogP contribution in [0.1, 0.15) is 16.8 Å². The van der Waals surface area contributed by atoms with Crippen LogP contribution in [0.4, 0.5) is 11.4 Å². The molecule has 0 atom stereocenters. The minimum Gasteiger partial charge on any atom is -0.465 e. The van der Waals surface area contributed by atoms with Gasteiger partial charge in [-0.05, 0) is 24.6 Å². The van der Waals surface area contributed by atoms with Gasteiger partial charge in [0.05, 0.1) is 24.0 Å². The van der Waals surface area contributed by atoms with Crippen LogP contribution in [0, 0.1) is 0 Å². The van der Waals surface area contributed by atoms with E-state index >= 15 is 0 Å². The quantitative estimate of drug-likeness (QED) is 0.472. The van der Waals surface area contributed by atoms with Crippen molar-refractivity contribution in [1.82, 2.24) is 0 Å². The van der Waals surface area contributed by atoms with Crippen molar-refractivity contribution in [3.8, 4) is 0 Å². The number of nitrogens with two attached hydrogens (primary N) is 1. The molecule has 0 unspecified atom stereocenters. The Balaban J connectivity index is 2.75. The van der Waals surface area contributed by atoms with Crippen LogP contribution in [0.25, 0.3) is 0 Å². The van der Waals surface area contributed by atoms with Gasteiger partial charge < -0.3 is 20.1 Å². The Bertz CT molecular complexity index is 407. The molecular formula is C13H20N2O3. The molecule has 0 aliphatic carbocycles. The monoisotopic (exact) mass is 252 g/mol. The zero-order valence-corrected chi connectivity index (χ0v) is 11.1. The molecule has 2 N–H and O–H groups in total. The van der Waals surface area contributed by atoms with Gasteiger partial charge in [0.25, 0.3) is 0 Å². The molecule has 1 aromatic rings. The van der Waals surface area contributed by atoms with Gasteiger partial charge in [0, 0.05) is 27.3 Å². The van der Waals surface area contributed by atoms with Crippen LogP contribution >= 0.6 is 0 Å². The maximum absolute atomic E-state index is 11.3. The van der Waals surface area contributed by atoms with E-state index in [1.807, 2.05) is 18.0 Å². The van der Waals surface area contributed by atoms with Gasteiger partial charge in [-0.3, -0.25) is 0 Å². The van der Waals surface area contributed by atoms with E-state index in [0.717, 1.165) is 18.7 Å². The molecule has 0 aliphatic rings. The summed E-state index contributed by atoms with van der Waals surface area (Å²) in [4.78, 5) is 13.4. The standard InChI is InChI=1S/C13H20N2O3/c1-15(7-4-8-17-2)12-6-5-10(9-11(12)14)13(16)18-3/h5-6,9H,4,7-8,14H2,1-3H3. The van der Waals surface area contributed by atoms with E-state index in [2.05, 4.69) is 4.74 Å². The highest BCUT2D eigenvalue weighted by Crippen LogP contribution is 2.23. The van der Waals surface area contributed by atoms with Crippen molar-refractivity contribution in [2.24, 2.45) is 0 Å². The van der Waals surface area contributed by atoms with Crippen LogP contribution in [-0.4, -0.2) is 40.4 Å². The van der Waals surface area contributed by atoms with Crippen molar-refractivity contribution in [3.05, 3.63) is 23.8 Å². The summed E-state index contributed by atoms with van der Waals surface area (Å²) >= 11 is 0. The molecule has 0 aromatic heterocycles. The van der Waals surface area contributed by atoms with Crippen molar-refractivity contribution in [2.45, 2.75) is 6.42 Å². The first-order valence-electron chi connectivity index (χ1n) is 5.78. The third kappa shape index (κ3) is 3.63. The average Bonchev–Trinajstić information content (AvgIpc) is 2.37. The number of ether oxygens (including phenoxy) is 2. The third-order valence-corrected chi connectivity index (χ3v) is 2.70. The van der Waals surface area contributed by atoms with Crippen LogP contribution in [-0.2, 0) is 9.47 Å². The van der Waals surface area contributed by atoms with Gasteiger partial charge in [-0.25, -0.2) is 4.79 Å². The molecule has 1 aromatic carbocycles. The molecule has 0 spiro atoms. The Morgan fingerprint density at radius 3 is 2.67 bits per heavy atom. The number of rotatable bonds is 6. The van der Waals surface area contributed by atoms with Gasteiger partial charge in [0.2, 0.25) is 0 Å². The number of anilines is 2. The topological polar surface area (TPSA) is 64.8 Å². The van der Waals surface area contributed by atoms with E-state index in [-0.39, 0.29) is 5.97 Å². The van der Waals surface area contributed by atoms with E-state index in [1.165, 1.54) is 7.11 Å². The zero-order valence-electron chi connectivity index (χ0n) is 11.1. The van der Waals surface area contributed by atoms with Gasteiger partial charge in [0.1, 0.15) is 0 Å². The number of nitrogens with zero attached hydrogens (tertiary/aromatic N) is 1. The van der Waals surface area contributed by atoms with Gasteiger partial charge >= 0.3 is 5.97 Å². The first-order chi connectivity index (χ1) is 8.60. The number of hydrogen-bond acceptors (Lipinski definition) is 5. The second-order valence-corrected chi connectivity index (χ2v) is 4.03. The fourth-order valence-electron chi connectivity index (χ4n) is 1.71. The molecule has 0 fully saturated rings. The first kappa shape index (κ1) is 14.3. The third-order valence-electron chi connectivity index (χ3n) is 2.70. The minimum atomic E-state index is -0.379. The summed E-state index contributed by atoms with van der Waals surface area (Å²) in [5.41, 5.74) is 7.87.